The molecule has 2 rings (SSSR count). The number of amides is 2. The molecule has 0 heterocycles. The van der Waals surface area contributed by atoms with Gasteiger partial charge in [-0.05, 0) is 54.7 Å². The van der Waals surface area contributed by atoms with E-state index in [-0.39, 0.29) is 18.5 Å². The molecule has 194 valence electrons. The molecule has 8 nitrogen and oxygen atoms in total. The van der Waals surface area contributed by atoms with Gasteiger partial charge in [-0.25, -0.2) is 4.79 Å². The van der Waals surface area contributed by atoms with Gasteiger partial charge in [-0.2, -0.15) is 0 Å². The maximum absolute atomic E-state index is 11.9. The van der Waals surface area contributed by atoms with Gasteiger partial charge in [0.2, 0.25) is 0 Å². The fraction of sp³-hybridized carbons (Fsp3) is 0.731. The Morgan fingerprint density at radius 1 is 1.18 bits per heavy atom. The first kappa shape index (κ1) is 28.2. The second-order valence-corrected chi connectivity index (χ2v) is 9.72. The molecule has 0 saturated heterocycles. The van der Waals surface area contributed by atoms with E-state index in [4.69, 9.17) is 19.9 Å². The molecule has 0 aromatic heterocycles. The van der Waals surface area contributed by atoms with Crippen LogP contribution < -0.4 is 25.8 Å². The Balaban J connectivity index is 1.85. The molecule has 2 amide bonds. The van der Waals surface area contributed by atoms with Crippen LogP contribution in [0.5, 0.6) is 11.5 Å². The van der Waals surface area contributed by atoms with Crippen molar-refractivity contribution in [1.82, 2.24) is 10.6 Å². The molecule has 1 aliphatic carbocycles. The van der Waals surface area contributed by atoms with Crippen molar-refractivity contribution >= 4 is 6.03 Å². The van der Waals surface area contributed by atoms with Crippen LogP contribution in [0.15, 0.2) is 18.2 Å². The number of aliphatic hydroxyl groups excluding tert-OH is 1. The largest absolute Gasteiger partial charge is 0.493 e. The minimum atomic E-state index is -0.800. The maximum atomic E-state index is 11.9. The molecule has 0 spiro atoms. The summed E-state index contributed by atoms with van der Waals surface area (Å²) in [5.41, 5.74) is 7.47. The highest BCUT2D eigenvalue weighted by atomic mass is 16.5. The number of methoxy groups -OCH3 is 2. The Bertz CT molecular complexity index is 726. The van der Waals surface area contributed by atoms with E-state index < -0.39 is 12.1 Å². The van der Waals surface area contributed by atoms with Crippen molar-refractivity contribution in [3.8, 4) is 11.5 Å². The van der Waals surface area contributed by atoms with Crippen molar-refractivity contribution in [3.63, 3.8) is 0 Å². The zero-order valence-electron chi connectivity index (χ0n) is 21.3. The predicted molar refractivity (Wildman–Crippen MR) is 134 cm³/mol. The number of rotatable bonds is 17. The third-order valence-corrected chi connectivity index (χ3v) is 6.50. The van der Waals surface area contributed by atoms with Crippen LogP contribution in [0.4, 0.5) is 4.79 Å². The summed E-state index contributed by atoms with van der Waals surface area (Å²) in [6.07, 6.45) is 5.03. The average Bonchev–Trinajstić information content (AvgIpc) is 3.64. The number of benzene rings is 1. The normalized spacial score (nSPS) is 16.1. The number of aliphatic hydroxyl groups is 1. The molecule has 34 heavy (non-hydrogen) atoms. The molecule has 0 radical (unpaired) electrons. The van der Waals surface area contributed by atoms with Crippen molar-refractivity contribution in [2.75, 3.05) is 40.5 Å². The van der Waals surface area contributed by atoms with E-state index in [0.29, 0.717) is 37.8 Å². The van der Waals surface area contributed by atoms with E-state index >= 15 is 0 Å². The van der Waals surface area contributed by atoms with Crippen molar-refractivity contribution in [2.24, 2.45) is 23.5 Å². The SMILES string of the molecule is COCCCOc1cc(C[C@@H](C[C@H](N)[C@@H](O)CNC(=O)NCCC2CC2)C(C)C)ccc1OC. The Morgan fingerprint density at radius 2 is 1.94 bits per heavy atom. The van der Waals surface area contributed by atoms with Crippen LogP contribution in [-0.2, 0) is 11.2 Å². The smallest absolute Gasteiger partial charge is 0.314 e. The number of carbonyl (C=O) groups excluding carboxylic acids is 1. The molecular weight excluding hydrogens is 434 g/mol. The van der Waals surface area contributed by atoms with Gasteiger partial charge in [-0.15, -0.1) is 0 Å². The Kier molecular flexibility index (Phi) is 12.5. The third-order valence-electron chi connectivity index (χ3n) is 6.50. The zero-order chi connectivity index (χ0) is 24.9. The highest BCUT2D eigenvalue weighted by molar-refractivity contribution is 5.73. The monoisotopic (exact) mass is 479 g/mol. The fourth-order valence-electron chi connectivity index (χ4n) is 3.95. The molecule has 1 aromatic rings. The molecule has 1 fully saturated rings. The number of carbonyl (C=O) groups is 1. The van der Waals surface area contributed by atoms with Gasteiger partial charge in [-0.1, -0.05) is 32.8 Å². The number of nitrogens with one attached hydrogen (secondary N) is 2. The molecule has 5 N–H and O–H groups in total. The standard InChI is InChI=1S/C26H45N3O5/c1-18(2)21(14-20-8-9-24(33-4)25(15-20)34-13-5-12-32-3)16-22(27)23(30)17-29-26(31)28-11-10-19-6-7-19/h8-9,15,18-19,21-23,30H,5-7,10-14,16-17,27H2,1-4H3,(H2,28,29,31)/t21-,22-,23-/m0/s1. The van der Waals surface area contributed by atoms with Crippen LogP contribution in [-0.4, -0.2) is 63.8 Å². The summed E-state index contributed by atoms with van der Waals surface area (Å²) in [6, 6.07) is 5.33. The molecule has 3 atom stereocenters. The van der Waals surface area contributed by atoms with Crippen molar-refractivity contribution < 1.29 is 24.1 Å². The van der Waals surface area contributed by atoms with Crippen LogP contribution >= 0.6 is 0 Å². The maximum Gasteiger partial charge on any atom is 0.314 e. The first-order valence-electron chi connectivity index (χ1n) is 12.6. The summed E-state index contributed by atoms with van der Waals surface area (Å²) in [5, 5.41) is 16.1. The summed E-state index contributed by atoms with van der Waals surface area (Å²) in [5.74, 6) is 2.85. The zero-order valence-corrected chi connectivity index (χ0v) is 21.3. The molecule has 0 aliphatic heterocycles. The molecule has 1 aromatic carbocycles. The van der Waals surface area contributed by atoms with Crippen LogP contribution in [0.3, 0.4) is 0 Å². The van der Waals surface area contributed by atoms with E-state index in [1.54, 1.807) is 14.2 Å². The Hall–Kier alpha value is -2.03. The number of ether oxygens (including phenoxy) is 3. The lowest BCUT2D eigenvalue weighted by atomic mass is 9.83. The lowest BCUT2D eigenvalue weighted by Crippen LogP contribution is -2.47. The number of nitrogens with two attached hydrogens (primary N) is 1. The molecule has 0 unspecified atom stereocenters. The van der Waals surface area contributed by atoms with Gasteiger partial charge in [0.15, 0.2) is 11.5 Å². The van der Waals surface area contributed by atoms with Crippen LogP contribution in [0.25, 0.3) is 0 Å². The van der Waals surface area contributed by atoms with Gasteiger partial charge in [0, 0.05) is 39.3 Å². The van der Waals surface area contributed by atoms with Crippen molar-refractivity contribution in [2.45, 2.75) is 64.5 Å². The first-order valence-corrected chi connectivity index (χ1v) is 12.6. The van der Waals surface area contributed by atoms with Gasteiger partial charge in [-0.3, -0.25) is 0 Å². The van der Waals surface area contributed by atoms with Crippen molar-refractivity contribution in [3.05, 3.63) is 23.8 Å². The topological polar surface area (TPSA) is 115 Å². The van der Waals surface area contributed by atoms with Crippen LogP contribution in [0.2, 0.25) is 0 Å². The van der Waals surface area contributed by atoms with Gasteiger partial charge < -0.3 is 35.7 Å². The van der Waals surface area contributed by atoms with Crippen LogP contribution in [0, 0.1) is 17.8 Å². The lowest BCUT2D eigenvalue weighted by molar-refractivity contribution is 0.125. The fourth-order valence-corrected chi connectivity index (χ4v) is 3.95. The minimum absolute atomic E-state index is 0.142. The molecule has 1 saturated carbocycles. The van der Waals surface area contributed by atoms with Crippen molar-refractivity contribution in [1.29, 1.82) is 0 Å². The summed E-state index contributed by atoms with van der Waals surface area (Å²) in [4.78, 5) is 11.9. The second kappa shape index (κ2) is 15.1. The second-order valence-electron chi connectivity index (χ2n) is 9.72. The van der Waals surface area contributed by atoms with Gasteiger partial charge in [0.1, 0.15) is 0 Å². The van der Waals surface area contributed by atoms with Crippen LogP contribution in [0.1, 0.15) is 51.5 Å². The summed E-state index contributed by atoms with van der Waals surface area (Å²) in [7, 11) is 3.31. The summed E-state index contributed by atoms with van der Waals surface area (Å²) < 4.78 is 16.4. The number of hydrogen-bond acceptors (Lipinski definition) is 6. The lowest BCUT2D eigenvalue weighted by Gasteiger charge is -2.27. The van der Waals surface area contributed by atoms with E-state index in [9.17, 15) is 9.90 Å². The van der Waals surface area contributed by atoms with E-state index in [0.717, 1.165) is 36.5 Å². The Morgan fingerprint density at radius 3 is 2.59 bits per heavy atom. The minimum Gasteiger partial charge on any atom is -0.493 e. The highest BCUT2D eigenvalue weighted by Gasteiger charge is 2.24. The Labute approximate surface area is 204 Å². The number of hydrogen-bond donors (Lipinski definition) is 4. The first-order chi connectivity index (χ1) is 16.3. The number of urea groups is 1. The molecule has 8 heteroatoms. The molecular formula is C26H45N3O5. The quantitative estimate of drug-likeness (QED) is 0.255. The van der Waals surface area contributed by atoms with E-state index in [1.807, 2.05) is 18.2 Å². The van der Waals surface area contributed by atoms with E-state index in [1.165, 1.54) is 12.8 Å². The highest BCUT2D eigenvalue weighted by Crippen LogP contribution is 2.32. The third kappa shape index (κ3) is 10.5. The van der Waals surface area contributed by atoms with Gasteiger partial charge in [0.25, 0.3) is 0 Å². The summed E-state index contributed by atoms with van der Waals surface area (Å²) in [6.45, 7) is 6.35. The predicted octanol–water partition coefficient (Wildman–Crippen LogP) is 3.10. The summed E-state index contributed by atoms with van der Waals surface area (Å²) >= 11 is 0. The van der Waals surface area contributed by atoms with E-state index in [2.05, 4.69) is 24.5 Å². The van der Waals surface area contributed by atoms with Gasteiger partial charge >= 0.3 is 6.03 Å². The average molecular weight is 480 g/mol. The molecule has 1 aliphatic rings. The molecule has 0 bridgehead atoms. The van der Waals surface area contributed by atoms with Gasteiger partial charge in [0.05, 0.1) is 19.8 Å².